The van der Waals surface area contributed by atoms with E-state index in [1.54, 1.807) is 7.11 Å². The molecule has 0 radical (unpaired) electrons. The second-order valence-electron chi connectivity index (χ2n) is 5.87. The van der Waals surface area contributed by atoms with Gasteiger partial charge in [0, 0.05) is 18.4 Å². The topological polar surface area (TPSA) is 54.9 Å². The molecule has 0 heterocycles. The number of carbonyl (C=O) groups excluding carboxylic acids is 1. The summed E-state index contributed by atoms with van der Waals surface area (Å²) < 4.78 is 5.19. The zero-order chi connectivity index (χ0) is 16.7. The highest BCUT2D eigenvalue weighted by Crippen LogP contribution is 2.14. The average molecular weight is 313 g/mol. The first kappa shape index (κ1) is 17.2. The summed E-state index contributed by atoms with van der Waals surface area (Å²) in [4.78, 5) is 12.8. The molecule has 3 N–H and O–H groups in total. The van der Waals surface area contributed by atoms with Crippen LogP contribution in [-0.4, -0.2) is 25.7 Å². The average Bonchev–Trinajstić information content (AvgIpc) is 2.56. The number of carbonyl (C=O) groups is 1. The van der Waals surface area contributed by atoms with Gasteiger partial charge < -0.3 is 15.4 Å². The number of nitrogens with two attached hydrogens (primary N) is 1. The van der Waals surface area contributed by atoms with Crippen molar-refractivity contribution in [2.75, 3.05) is 19.0 Å². The molecule has 2 aromatic rings. The molecule has 23 heavy (non-hydrogen) atoms. The van der Waals surface area contributed by atoms with E-state index in [-0.39, 0.29) is 18.0 Å². The Bertz CT molecular complexity index is 611. The van der Waals surface area contributed by atoms with Crippen molar-refractivity contribution in [3.63, 3.8) is 0 Å². The van der Waals surface area contributed by atoms with Gasteiger partial charge in [-0.15, -0.1) is 0 Å². The van der Waals surface area contributed by atoms with Gasteiger partial charge in [-0.2, -0.15) is 0 Å². The van der Waals surface area contributed by atoms with E-state index >= 15 is 0 Å². The highest BCUT2D eigenvalue weighted by molar-refractivity contribution is 5.94. The Balaban J connectivity index is 2.15. The Morgan fingerprint density at radius 1 is 1.13 bits per heavy atom. The molecule has 0 aliphatic rings. The van der Waals surface area contributed by atoms with Gasteiger partial charge in [-0.05, 0) is 26.0 Å². The van der Waals surface area contributed by atoms with E-state index in [0.717, 1.165) is 11.3 Å². The Morgan fingerprint density at radius 3 is 2.39 bits per heavy atom. The fourth-order valence-corrected chi connectivity index (χ4v) is 2.51. The Hall–Kier alpha value is -2.17. The molecule has 0 aliphatic carbocycles. The maximum atomic E-state index is 12.8. The number of hydrogen-bond acceptors (Lipinski definition) is 2. The third-order valence-corrected chi connectivity index (χ3v) is 3.71. The highest BCUT2D eigenvalue weighted by atomic mass is 16.5. The molecular formula is C19H25N2O2+. The number of quaternary nitrogens is 1. The van der Waals surface area contributed by atoms with Gasteiger partial charge in [0.2, 0.25) is 0 Å². The minimum Gasteiger partial charge on any atom is -0.379 e. The van der Waals surface area contributed by atoms with Crippen LogP contribution in [0, 0.1) is 6.92 Å². The van der Waals surface area contributed by atoms with Gasteiger partial charge in [-0.1, -0.05) is 48.0 Å². The molecule has 1 amide bonds. The van der Waals surface area contributed by atoms with Crippen LogP contribution in [0.3, 0.4) is 0 Å². The molecule has 0 saturated heterocycles. The first-order valence-corrected chi connectivity index (χ1v) is 7.86. The smallest absolute Gasteiger partial charge is 0.287 e. The van der Waals surface area contributed by atoms with Gasteiger partial charge in [0.25, 0.3) is 5.91 Å². The summed E-state index contributed by atoms with van der Waals surface area (Å²) in [5.74, 6) is -0.0250. The second-order valence-corrected chi connectivity index (χ2v) is 5.87. The van der Waals surface area contributed by atoms with Crippen LogP contribution in [0.2, 0.25) is 0 Å². The zero-order valence-electron chi connectivity index (χ0n) is 14.0. The summed E-state index contributed by atoms with van der Waals surface area (Å²) in [7, 11) is 1.67. The van der Waals surface area contributed by atoms with Crippen LogP contribution < -0.4 is 10.6 Å². The summed E-state index contributed by atoms with van der Waals surface area (Å²) in [5.41, 5.74) is 2.97. The quantitative estimate of drug-likeness (QED) is 0.824. The van der Waals surface area contributed by atoms with E-state index < -0.39 is 0 Å². The minimum atomic E-state index is -0.303. The Labute approximate surface area is 137 Å². The lowest BCUT2D eigenvalue weighted by Crippen LogP contribution is -2.92. The predicted molar refractivity (Wildman–Crippen MR) is 92.3 cm³/mol. The Morgan fingerprint density at radius 2 is 1.78 bits per heavy atom. The third kappa shape index (κ3) is 5.20. The second kappa shape index (κ2) is 8.46. The molecule has 4 nitrogen and oxygen atoms in total. The van der Waals surface area contributed by atoms with Crippen molar-refractivity contribution in [2.24, 2.45) is 0 Å². The number of amides is 1. The SMILES string of the molecule is COC[C@@H](C)[NH2+][C@H](C(=O)Nc1ccc(C)cc1)c1ccccc1. The molecular weight excluding hydrogens is 288 g/mol. The van der Waals surface area contributed by atoms with Gasteiger partial charge in [0.1, 0.15) is 6.04 Å². The fraction of sp³-hybridized carbons (Fsp3) is 0.316. The van der Waals surface area contributed by atoms with Crippen molar-refractivity contribution >= 4 is 11.6 Å². The number of nitrogens with one attached hydrogen (secondary N) is 1. The minimum absolute atomic E-state index is 0.0250. The molecule has 0 aromatic heterocycles. The van der Waals surface area contributed by atoms with Crippen LogP contribution in [0.25, 0.3) is 0 Å². The van der Waals surface area contributed by atoms with Gasteiger partial charge in [0.15, 0.2) is 6.04 Å². The highest BCUT2D eigenvalue weighted by Gasteiger charge is 2.26. The summed E-state index contributed by atoms with van der Waals surface area (Å²) in [5, 5.41) is 5.05. The Kier molecular flexibility index (Phi) is 6.32. The van der Waals surface area contributed by atoms with Gasteiger partial charge in [-0.3, -0.25) is 4.79 Å². The number of hydrogen-bond donors (Lipinski definition) is 2. The lowest BCUT2D eigenvalue weighted by atomic mass is 10.0. The van der Waals surface area contributed by atoms with E-state index in [0.29, 0.717) is 6.61 Å². The third-order valence-electron chi connectivity index (χ3n) is 3.71. The monoisotopic (exact) mass is 313 g/mol. The maximum Gasteiger partial charge on any atom is 0.287 e. The zero-order valence-corrected chi connectivity index (χ0v) is 14.0. The van der Waals surface area contributed by atoms with Crippen LogP contribution in [0.1, 0.15) is 24.1 Å². The molecule has 0 bridgehead atoms. The lowest BCUT2D eigenvalue weighted by molar-refractivity contribution is -0.713. The number of anilines is 1. The van der Waals surface area contributed by atoms with Gasteiger partial charge in [0.05, 0.1) is 6.61 Å². The summed E-state index contributed by atoms with van der Waals surface area (Å²) >= 11 is 0. The van der Waals surface area contributed by atoms with Crippen LogP contribution in [0.4, 0.5) is 5.69 Å². The molecule has 2 rings (SSSR count). The number of rotatable bonds is 7. The fourth-order valence-electron chi connectivity index (χ4n) is 2.51. The number of ether oxygens (including phenoxy) is 1. The van der Waals surface area contributed by atoms with E-state index in [2.05, 4.69) is 12.2 Å². The lowest BCUT2D eigenvalue weighted by Gasteiger charge is -2.19. The van der Waals surface area contributed by atoms with Crippen LogP contribution in [0.5, 0.6) is 0 Å². The van der Waals surface area contributed by atoms with E-state index in [9.17, 15) is 4.79 Å². The molecule has 0 saturated carbocycles. The van der Waals surface area contributed by atoms with Crippen molar-refractivity contribution in [1.82, 2.24) is 0 Å². The molecule has 0 unspecified atom stereocenters. The maximum absolute atomic E-state index is 12.8. The first-order chi connectivity index (χ1) is 11.1. The standard InChI is InChI=1S/C19H24N2O2/c1-14-9-11-17(12-10-14)21-19(22)18(20-15(2)13-23-3)16-7-5-4-6-8-16/h4-12,15,18,20H,13H2,1-3H3,(H,21,22)/p+1/t15-,18+/m1/s1. The normalized spacial score (nSPS) is 13.3. The molecule has 0 spiro atoms. The van der Waals surface area contributed by atoms with Crippen LogP contribution in [-0.2, 0) is 9.53 Å². The number of aryl methyl sites for hydroxylation is 1. The molecule has 2 aromatic carbocycles. The van der Waals surface area contributed by atoms with Crippen LogP contribution >= 0.6 is 0 Å². The summed E-state index contributed by atoms with van der Waals surface area (Å²) in [6.07, 6.45) is 0. The van der Waals surface area contributed by atoms with Crippen molar-refractivity contribution in [3.8, 4) is 0 Å². The largest absolute Gasteiger partial charge is 0.379 e. The van der Waals surface area contributed by atoms with Crippen LogP contribution in [0.15, 0.2) is 54.6 Å². The van der Waals surface area contributed by atoms with Gasteiger partial charge >= 0.3 is 0 Å². The molecule has 4 heteroatoms. The van der Waals surface area contributed by atoms with Crippen molar-refractivity contribution in [3.05, 3.63) is 65.7 Å². The van der Waals surface area contributed by atoms with E-state index in [1.165, 1.54) is 5.56 Å². The number of methoxy groups -OCH3 is 1. The molecule has 0 fully saturated rings. The first-order valence-electron chi connectivity index (χ1n) is 7.86. The predicted octanol–water partition coefficient (Wildman–Crippen LogP) is 2.27. The summed E-state index contributed by atoms with van der Waals surface area (Å²) in [6.45, 7) is 4.68. The van der Waals surface area contributed by atoms with Crippen molar-refractivity contribution in [2.45, 2.75) is 25.9 Å². The van der Waals surface area contributed by atoms with Crippen molar-refractivity contribution < 1.29 is 14.8 Å². The molecule has 0 aliphatic heterocycles. The summed E-state index contributed by atoms with van der Waals surface area (Å²) in [6, 6.07) is 17.5. The molecule has 2 atom stereocenters. The molecule has 122 valence electrons. The number of benzene rings is 2. The van der Waals surface area contributed by atoms with Gasteiger partial charge in [-0.25, -0.2) is 0 Å². The van der Waals surface area contributed by atoms with Crippen molar-refractivity contribution in [1.29, 1.82) is 0 Å². The van der Waals surface area contributed by atoms with E-state index in [1.807, 2.05) is 66.8 Å². The van der Waals surface area contributed by atoms with E-state index in [4.69, 9.17) is 4.74 Å².